The number of carbonyl (C=O) groups is 2. The van der Waals surface area contributed by atoms with Crippen LogP contribution in [0.3, 0.4) is 0 Å². The molecule has 2 aliphatic rings. The Morgan fingerprint density at radius 1 is 1.12 bits per heavy atom. The second kappa shape index (κ2) is 9.77. The van der Waals surface area contributed by atoms with E-state index in [0.29, 0.717) is 42.7 Å². The molecule has 5 rings (SSSR count). The van der Waals surface area contributed by atoms with E-state index in [4.69, 9.17) is 4.74 Å². The second-order valence-corrected chi connectivity index (χ2v) is 9.03. The largest absolute Gasteiger partial charge is 0.376 e. The number of hydrogen-bond donors (Lipinski definition) is 2. The topological polar surface area (TPSA) is 104 Å². The summed E-state index contributed by atoms with van der Waals surface area (Å²) in [5, 5.41) is 3.47. The number of hydrogen-bond acceptors (Lipinski definition) is 5. The van der Waals surface area contributed by atoms with Crippen LogP contribution < -0.4 is 10.9 Å². The molecule has 8 heteroatoms. The Morgan fingerprint density at radius 3 is 2.79 bits per heavy atom. The zero-order valence-corrected chi connectivity index (χ0v) is 19.0. The zero-order chi connectivity index (χ0) is 23.5. The number of rotatable bonds is 7. The van der Waals surface area contributed by atoms with Crippen LogP contribution in [0.2, 0.25) is 0 Å². The first-order valence-electron chi connectivity index (χ1n) is 11.8. The summed E-state index contributed by atoms with van der Waals surface area (Å²) >= 11 is 0. The number of carbonyl (C=O) groups excluding carboxylic acids is 2. The summed E-state index contributed by atoms with van der Waals surface area (Å²) in [4.78, 5) is 47.4. The monoisotopic (exact) mass is 460 g/mol. The quantitative estimate of drug-likeness (QED) is 0.564. The fraction of sp³-hybridized carbons (Fsp3) is 0.385. The number of aromatic nitrogens is 2. The predicted octanol–water partition coefficient (Wildman–Crippen LogP) is 3.02. The van der Waals surface area contributed by atoms with Gasteiger partial charge in [0.1, 0.15) is 5.82 Å². The van der Waals surface area contributed by atoms with E-state index in [0.717, 1.165) is 24.1 Å². The highest BCUT2D eigenvalue weighted by molar-refractivity contribution is 5.96. The van der Waals surface area contributed by atoms with Gasteiger partial charge in [0.2, 0.25) is 11.8 Å². The lowest BCUT2D eigenvalue weighted by Crippen LogP contribution is -2.38. The SMILES string of the molecule is O=C1Nc2ccccc2C[C@@H]1CCC(=O)N(Cc1nc2ccccc2c(=O)[nH]1)C[C@H]1CCCO1. The van der Waals surface area contributed by atoms with Gasteiger partial charge in [-0.1, -0.05) is 30.3 Å². The smallest absolute Gasteiger partial charge is 0.258 e. The van der Waals surface area contributed by atoms with Crippen LogP contribution in [0.25, 0.3) is 10.9 Å². The summed E-state index contributed by atoms with van der Waals surface area (Å²) in [5.74, 6) is 0.0806. The minimum atomic E-state index is -0.248. The van der Waals surface area contributed by atoms with Crippen LogP contribution in [-0.2, 0) is 27.3 Å². The van der Waals surface area contributed by atoms with Crippen LogP contribution in [0.4, 0.5) is 5.69 Å². The average molecular weight is 461 g/mol. The molecule has 0 bridgehead atoms. The van der Waals surface area contributed by atoms with Crippen LogP contribution in [0.5, 0.6) is 0 Å². The number of fused-ring (bicyclic) bond motifs is 2. The van der Waals surface area contributed by atoms with Gasteiger partial charge in [-0.15, -0.1) is 0 Å². The Balaban J connectivity index is 1.30. The second-order valence-electron chi connectivity index (χ2n) is 9.03. The molecule has 2 aliphatic heterocycles. The average Bonchev–Trinajstić information content (AvgIpc) is 3.35. The minimum absolute atomic E-state index is 0.0269. The molecule has 2 amide bonds. The zero-order valence-electron chi connectivity index (χ0n) is 19.0. The van der Waals surface area contributed by atoms with E-state index in [-0.39, 0.29) is 42.4 Å². The van der Waals surface area contributed by atoms with E-state index < -0.39 is 0 Å². The minimum Gasteiger partial charge on any atom is -0.376 e. The maximum atomic E-state index is 13.3. The molecule has 2 aromatic carbocycles. The van der Waals surface area contributed by atoms with E-state index in [1.165, 1.54) is 0 Å². The van der Waals surface area contributed by atoms with Crippen molar-refractivity contribution in [3.8, 4) is 0 Å². The van der Waals surface area contributed by atoms with Gasteiger partial charge >= 0.3 is 0 Å². The normalized spacial score (nSPS) is 19.6. The van der Waals surface area contributed by atoms with Crippen LogP contribution in [0, 0.1) is 5.92 Å². The Hall–Kier alpha value is -3.52. The van der Waals surface area contributed by atoms with Gasteiger partial charge in [-0.3, -0.25) is 14.4 Å². The summed E-state index contributed by atoms with van der Waals surface area (Å²) < 4.78 is 5.77. The number of anilines is 1. The third-order valence-corrected chi connectivity index (χ3v) is 6.62. The van der Waals surface area contributed by atoms with Crippen molar-refractivity contribution in [1.82, 2.24) is 14.9 Å². The summed E-state index contributed by atoms with van der Waals surface area (Å²) in [7, 11) is 0. The molecule has 0 spiro atoms. The third-order valence-electron chi connectivity index (χ3n) is 6.62. The van der Waals surface area contributed by atoms with Crippen LogP contribution in [0.1, 0.15) is 37.1 Å². The van der Waals surface area contributed by atoms with Crippen LogP contribution in [-0.4, -0.2) is 45.9 Å². The van der Waals surface area contributed by atoms with Crippen molar-refractivity contribution in [3.63, 3.8) is 0 Å². The van der Waals surface area contributed by atoms with E-state index in [1.807, 2.05) is 30.3 Å². The van der Waals surface area contributed by atoms with Crippen LogP contribution >= 0.6 is 0 Å². The number of para-hydroxylation sites is 2. The van der Waals surface area contributed by atoms with Crippen molar-refractivity contribution >= 4 is 28.4 Å². The predicted molar refractivity (Wildman–Crippen MR) is 128 cm³/mol. The Kier molecular flexibility index (Phi) is 6.40. The third kappa shape index (κ3) is 4.87. The van der Waals surface area contributed by atoms with E-state index in [9.17, 15) is 14.4 Å². The van der Waals surface area contributed by atoms with Crippen molar-refractivity contribution < 1.29 is 14.3 Å². The highest BCUT2D eigenvalue weighted by Gasteiger charge is 2.28. The van der Waals surface area contributed by atoms with Gasteiger partial charge in [-0.05, 0) is 49.4 Å². The molecule has 2 N–H and O–H groups in total. The number of amides is 2. The molecule has 0 radical (unpaired) electrons. The molecule has 0 unspecified atom stereocenters. The number of benzene rings is 2. The molecule has 3 heterocycles. The van der Waals surface area contributed by atoms with E-state index >= 15 is 0 Å². The standard InChI is InChI=1S/C26H28N4O4/c31-24(12-11-18-14-17-6-1-3-9-21(17)28-25(18)32)30(15-19-7-5-13-34-19)16-23-27-22-10-4-2-8-20(22)26(33)29-23/h1-4,6,8-10,18-19H,5,7,11-16H2,(H,28,32)(H,27,29,33)/t18-,19+/m0/s1. The van der Waals surface area contributed by atoms with Gasteiger partial charge in [0, 0.05) is 31.2 Å². The molecule has 8 nitrogen and oxygen atoms in total. The van der Waals surface area contributed by atoms with Gasteiger partial charge in [0.25, 0.3) is 5.56 Å². The molecule has 0 aliphatic carbocycles. The molecule has 3 aromatic rings. The van der Waals surface area contributed by atoms with Crippen molar-refractivity contribution in [2.45, 2.75) is 44.8 Å². The lowest BCUT2D eigenvalue weighted by molar-refractivity contribution is -0.134. The summed E-state index contributed by atoms with van der Waals surface area (Å²) in [6.45, 7) is 1.33. The van der Waals surface area contributed by atoms with Gasteiger partial charge in [0.15, 0.2) is 0 Å². The number of nitrogens with one attached hydrogen (secondary N) is 2. The summed E-state index contributed by atoms with van der Waals surface area (Å²) in [6, 6.07) is 14.9. The van der Waals surface area contributed by atoms with Crippen LogP contribution in [0.15, 0.2) is 53.3 Å². The molecular weight excluding hydrogens is 432 g/mol. The van der Waals surface area contributed by atoms with Gasteiger partial charge in [-0.25, -0.2) is 4.98 Å². The van der Waals surface area contributed by atoms with E-state index in [1.54, 1.807) is 23.1 Å². The molecule has 0 saturated carbocycles. The highest BCUT2D eigenvalue weighted by atomic mass is 16.5. The van der Waals surface area contributed by atoms with Gasteiger partial charge in [-0.2, -0.15) is 0 Å². The van der Waals surface area contributed by atoms with Crippen molar-refractivity contribution in [3.05, 3.63) is 70.3 Å². The maximum absolute atomic E-state index is 13.3. The lowest BCUT2D eigenvalue weighted by atomic mass is 9.89. The maximum Gasteiger partial charge on any atom is 0.258 e. The Labute approximate surface area is 197 Å². The summed E-state index contributed by atoms with van der Waals surface area (Å²) in [6.07, 6.45) is 3.17. The summed E-state index contributed by atoms with van der Waals surface area (Å²) in [5.41, 5.74) is 2.32. The first-order valence-corrected chi connectivity index (χ1v) is 11.8. The number of ether oxygens (including phenoxy) is 1. The Morgan fingerprint density at radius 2 is 1.94 bits per heavy atom. The van der Waals surface area contributed by atoms with Crippen molar-refractivity contribution in [2.75, 3.05) is 18.5 Å². The fourth-order valence-corrected chi connectivity index (χ4v) is 4.78. The molecule has 34 heavy (non-hydrogen) atoms. The lowest BCUT2D eigenvalue weighted by Gasteiger charge is -2.27. The number of nitrogens with zero attached hydrogens (tertiary/aromatic N) is 2. The Bertz CT molecular complexity index is 1260. The van der Waals surface area contributed by atoms with Crippen molar-refractivity contribution in [1.29, 1.82) is 0 Å². The molecular formula is C26H28N4O4. The first-order chi connectivity index (χ1) is 16.6. The molecule has 1 saturated heterocycles. The molecule has 176 valence electrons. The van der Waals surface area contributed by atoms with Gasteiger partial charge in [0.05, 0.1) is 23.6 Å². The molecule has 1 fully saturated rings. The highest BCUT2D eigenvalue weighted by Crippen LogP contribution is 2.28. The molecule has 1 aromatic heterocycles. The molecule has 2 atom stereocenters. The van der Waals surface area contributed by atoms with Crippen molar-refractivity contribution in [2.24, 2.45) is 5.92 Å². The van der Waals surface area contributed by atoms with E-state index in [2.05, 4.69) is 15.3 Å². The first kappa shape index (κ1) is 22.3. The number of aromatic amines is 1. The number of H-pyrrole nitrogens is 1. The fourth-order valence-electron chi connectivity index (χ4n) is 4.78. The van der Waals surface area contributed by atoms with Gasteiger partial charge < -0.3 is 19.9 Å².